The molecule has 0 spiro atoms. The van der Waals surface area contributed by atoms with Crippen LogP contribution in [0.5, 0.6) is 0 Å². The Balaban J connectivity index is 1.98. The van der Waals surface area contributed by atoms with Crippen LogP contribution in [0.2, 0.25) is 0 Å². The topological polar surface area (TPSA) is 70.6 Å². The van der Waals surface area contributed by atoms with E-state index in [1.54, 1.807) is 0 Å². The van der Waals surface area contributed by atoms with Crippen molar-refractivity contribution >= 4 is 6.09 Å². The molecule has 1 aromatic rings. The minimum atomic E-state index is -0.692. The normalized spacial score (nSPS) is 18.0. The first-order valence-corrected chi connectivity index (χ1v) is 10.1. The zero-order valence-corrected chi connectivity index (χ0v) is 17.4. The number of ether oxygens (including phenoxy) is 1. The third-order valence-corrected chi connectivity index (χ3v) is 4.80. The number of rotatable bonds is 9. The van der Waals surface area contributed by atoms with E-state index in [-0.39, 0.29) is 5.54 Å². The number of aliphatic hydroxyl groups excluding tert-OH is 1. The van der Waals surface area contributed by atoms with Gasteiger partial charge in [0.15, 0.2) is 0 Å². The van der Waals surface area contributed by atoms with E-state index in [2.05, 4.69) is 24.5 Å². The molecule has 2 atom stereocenters. The van der Waals surface area contributed by atoms with Gasteiger partial charge in [0.05, 0.1) is 12.1 Å². The van der Waals surface area contributed by atoms with E-state index in [4.69, 9.17) is 4.74 Å². The highest BCUT2D eigenvalue weighted by Crippen LogP contribution is 2.40. The van der Waals surface area contributed by atoms with Crippen LogP contribution in [0.1, 0.15) is 59.4 Å². The fourth-order valence-electron chi connectivity index (χ4n) is 3.46. The van der Waals surface area contributed by atoms with E-state index in [0.717, 1.165) is 24.8 Å². The number of carbonyl (C=O) groups is 1. The van der Waals surface area contributed by atoms with Gasteiger partial charge in [0.25, 0.3) is 0 Å². The van der Waals surface area contributed by atoms with Crippen LogP contribution in [0.3, 0.4) is 0 Å². The third-order valence-electron chi connectivity index (χ3n) is 4.80. The van der Waals surface area contributed by atoms with Gasteiger partial charge in [-0.15, -0.1) is 0 Å². The molecule has 1 saturated carbocycles. The summed E-state index contributed by atoms with van der Waals surface area (Å²) in [5.74, 6) is 0.622. The number of amides is 1. The Morgan fingerprint density at radius 3 is 2.37 bits per heavy atom. The summed E-state index contributed by atoms with van der Waals surface area (Å²) in [6.07, 6.45) is 2.79. The molecule has 27 heavy (non-hydrogen) atoms. The molecule has 1 fully saturated rings. The highest BCUT2D eigenvalue weighted by molar-refractivity contribution is 5.68. The largest absolute Gasteiger partial charge is 0.444 e. The zero-order chi connectivity index (χ0) is 20.1. The molecule has 0 saturated heterocycles. The summed E-state index contributed by atoms with van der Waals surface area (Å²) in [6.45, 7) is 10.4. The SMILES string of the molecule is CC(C)CC1(NC[C@@H](O)[C@H](Cc2ccccc2)NC(=O)OC(C)(C)C)CC1. The van der Waals surface area contributed by atoms with Crippen molar-refractivity contribution in [2.45, 2.75) is 83.6 Å². The summed E-state index contributed by atoms with van der Waals surface area (Å²) in [5.41, 5.74) is 0.666. The van der Waals surface area contributed by atoms with E-state index in [1.807, 2.05) is 51.1 Å². The molecule has 152 valence electrons. The molecule has 1 aliphatic carbocycles. The quantitative estimate of drug-likeness (QED) is 0.615. The minimum absolute atomic E-state index is 0.165. The highest BCUT2D eigenvalue weighted by atomic mass is 16.6. The maximum absolute atomic E-state index is 12.3. The molecular weight excluding hydrogens is 340 g/mol. The molecule has 3 N–H and O–H groups in total. The molecule has 1 amide bonds. The van der Waals surface area contributed by atoms with Gasteiger partial charge < -0.3 is 20.5 Å². The monoisotopic (exact) mass is 376 g/mol. The van der Waals surface area contributed by atoms with Gasteiger partial charge in [0.2, 0.25) is 0 Å². The van der Waals surface area contributed by atoms with Crippen LogP contribution in [0.25, 0.3) is 0 Å². The van der Waals surface area contributed by atoms with Crippen molar-refractivity contribution in [2.24, 2.45) is 5.92 Å². The molecule has 0 aromatic heterocycles. The van der Waals surface area contributed by atoms with E-state index < -0.39 is 23.8 Å². The minimum Gasteiger partial charge on any atom is -0.444 e. The second-order valence-corrected chi connectivity index (χ2v) is 9.27. The summed E-state index contributed by atoms with van der Waals surface area (Å²) in [6, 6.07) is 9.49. The lowest BCUT2D eigenvalue weighted by Gasteiger charge is -2.29. The lowest BCUT2D eigenvalue weighted by molar-refractivity contribution is 0.0418. The lowest BCUT2D eigenvalue weighted by atomic mass is 9.99. The molecule has 1 aliphatic rings. The number of β-amino-alcohol motifs (C(OH)–C–C–N with tert-alkyl or cyclic N) is 1. The van der Waals surface area contributed by atoms with Crippen molar-refractivity contribution in [2.75, 3.05) is 6.54 Å². The molecule has 0 radical (unpaired) electrons. The summed E-state index contributed by atoms with van der Waals surface area (Å²) in [4.78, 5) is 12.3. The third kappa shape index (κ3) is 7.89. The number of aliphatic hydroxyl groups is 1. The molecule has 5 heteroatoms. The van der Waals surface area contributed by atoms with Crippen molar-refractivity contribution in [1.29, 1.82) is 0 Å². The van der Waals surface area contributed by atoms with Crippen LogP contribution in [-0.2, 0) is 11.2 Å². The van der Waals surface area contributed by atoms with Crippen LogP contribution in [0, 0.1) is 5.92 Å². The van der Waals surface area contributed by atoms with Crippen LogP contribution in [0.15, 0.2) is 30.3 Å². The Morgan fingerprint density at radius 2 is 1.85 bits per heavy atom. The Hall–Kier alpha value is -1.59. The number of benzene rings is 1. The fraction of sp³-hybridized carbons (Fsp3) is 0.682. The second kappa shape index (κ2) is 9.07. The Labute approximate surface area is 163 Å². The van der Waals surface area contributed by atoms with Gasteiger partial charge in [-0.3, -0.25) is 0 Å². The maximum Gasteiger partial charge on any atom is 0.407 e. The van der Waals surface area contributed by atoms with Gasteiger partial charge in [-0.05, 0) is 57.9 Å². The molecule has 0 bridgehead atoms. The van der Waals surface area contributed by atoms with Gasteiger partial charge in [-0.1, -0.05) is 44.2 Å². The van der Waals surface area contributed by atoms with Gasteiger partial charge in [0, 0.05) is 12.1 Å². The molecule has 5 nitrogen and oxygen atoms in total. The van der Waals surface area contributed by atoms with Crippen LogP contribution in [-0.4, -0.2) is 41.0 Å². The van der Waals surface area contributed by atoms with Gasteiger partial charge in [0.1, 0.15) is 5.60 Å². The molecule has 0 unspecified atom stereocenters. The Bertz CT molecular complexity index is 591. The van der Waals surface area contributed by atoms with Crippen LogP contribution in [0.4, 0.5) is 4.79 Å². The molecule has 0 aliphatic heterocycles. The number of carbonyl (C=O) groups excluding carboxylic acids is 1. The van der Waals surface area contributed by atoms with E-state index in [9.17, 15) is 9.90 Å². The van der Waals surface area contributed by atoms with Crippen molar-refractivity contribution in [3.63, 3.8) is 0 Å². The summed E-state index contributed by atoms with van der Waals surface area (Å²) >= 11 is 0. The summed E-state index contributed by atoms with van der Waals surface area (Å²) < 4.78 is 5.38. The standard InChI is InChI=1S/C22H36N2O3/c1-16(2)14-22(11-12-22)23-15-19(25)18(13-17-9-7-6-8-10-17)24-20(26)27-21(3,4)5/h6-10,16,18-19,23,25H,11-15H2,1-5H3,(H,24,26)/t18-,19+/m0/s1. The van der Waals surface area contributed by atoms with Crippen molar-refractivity contribution in [3.8, 4) is 0 Å². The average Bonchev–Trinajstić information content (AvgIpc) is 3.30. The van der Waals surface area contributed by atoms with Crippen LogP contribution >= 0.6 is 0 Å². The molecule has 1 aromatic carbocycles. The molecule has 2 rings (SSSR count). The van der Waals surface area contributed by atoms with E-state index in [1.165, 1.54) is 0 Å². The second-order valence-electron chi connectivity index (χ2n) is 9.27. The zero-order valence-electron chi connectivity index (χ0n) is 17.4. The molecule has 0 heterocycles. The van der Waals surface area contributed by atoms with Gasteiger partial charge in [-0.2, -0.15) is 0 Å². The highest BCUT2D eigenvalue weighted by Gasteiger charge is 2.42. The first kappa shape index (κ1) is 21.7. The maximum atomic E-state index is 12.3. The number of hydrogen-bond donors (Lipinski definition) is 3. The van der Waals surface area contributed by atoms with E-state index in [0.29, 0.717) is 18.9 Å². The summed E-state index contributed by atoms with van der Waals surface area (Å²) in [5, 5.41) is 17.2. The van der Waals surface area contributed by atoms with Gasteiger partial charge in [-0.25, -0.2) is 4.79 Å². The number of nitrogens with one attached hydrogen (secondary N) is 2. The molecular formula is C22H36N2O3. The number of alkyl carbamates (subject to hydrolysis) is 1. The Kier molecular flexibility index (Phi) is 7.29. The average molecular weight is 377 g/mol. The van der Waals surface area contributed by atoms with Crippen molar-refractivity contribution in [3.05, 3.63) is 35.9 Å². The van der Waals surface area contributed by atoms with Gasteiger partial charge >= 0.3 is 6.09 Å². The first-order chi connectivity index (χ1) is 12.6. The number of hydrogen-bond acceptors (Lipinski definition) is 4. The van der Waals surface area contributed by atoms with E-state index >= 15 is 0 Å². The van der Waals surface area contributed by atoms with Crippen LogP contribution < -0.4 is 10.6 Å². The predicted molar refractivity (Wildman–Crippen MR) is 109 cm³/mol. The first-order valence-electron chi connectivity index (χ1n) is 10.1. The predicted octanol–water partition coefficient (Wildman–Crippen LogP) is 3.65. The van der Waals surface area contributed by atoms with Crippen molar-refractivity contribution in [1.82, 2.24) is 10.6 Å². The Morgan fingerprint density at radius 1 is 1.22 bits per heavy atom. The lowest BCUT2D eigenvalue weighted by Crippen LogP contribution is -2.51. The summed E-state index contributed by atoms with van der Waals surface area (Å²) in [7, 11) is 0. The van der Waals surface area contributed by atoms with Crippen molar-refractivity contribution < 1.29 is 14.6 Å². The fourth-order valence-corrected chi connectivity index (χ4v) is 3.46. The smallest absolute Gasteiger partial charge is 0.407 e.